The highest BCUT2D eigenvalue weighted by molar-refractivity contribution is 14.1. The van der Waals surface area contributed by atoms with Gasteiger partial charge in [0.25, 0.3) is 0 Å². The van der Waals surface area contributed by atoms with Gasteiger partial charge in [-0.3, -0.25) is 13.0 Å². The van der Waals surface area contributed by atoms with Crippen LogP contribution in [0.1, 0.15) is 12.0 Å². The summed E-state index contributed by atoms with van der Waals surface area (Å²) in [5, 5.41) is 18.9. The van der Waals surface area contributed by atoms with Crippen LogP contribution in [0.3, 0.4) is 0 Å². The highest BCUT2D eigenvalue weighted by Crippen LogP contribution is 2.40. The van der Waals surface area contributed by atoms with Gasteiger partial charge in [0.15, 0.2) is 0 Å². The number of fused-ring (bicyclic) bond motifs is 4. The summed E-state index contributed by atoms with van der Waals surface area (Å²) in [6.45, 7) is 3.49. The first-order valence-electron chi connectivity index (χ1n) is 11.5. The normalized spacial score (nSPS) is 23.7. The Morgan fingerprint density at radius 1 is 1.22 bits per heavy atom. The number of hydrogen-bond acceptors (Lipinski definition) is 5. The second-order valence-corrected chi connectivity index (χ2v) is 10.5. The fraction of sp³-hybridized carbons (Fsp3) is 0.375. The standard InChI is InChI=1S/C24H22F3IN6O2/c1-12-5-6-17-21(20(12)14-3-2-4-18-16(14)9-31-34(18)24(25,26)27)22(32(28)11-30-17)15-7-13-8-29-10-19(15)33(13)23(35)36/h2-6,9,13,15,19,29H,7-8,10-11H2,1H3,(H,35,36). The molecule has 3 atom stereocenters. The van der Waals surface area contributed by atoms with Crippen LogP contribution in [0.2, 0.25) is 0 Å². The van der Waals surface area contributed by atoms with Gasteiger partial charge in [-0.15, -0.1) is 13.2 Å². The minimum absolute atomic E-state index is 0.0180. The van der Waals surface area contributed by atoms with Gasteiger partial charge in [-0.25, -0.2) is 4.79 Å². The zero-order valence-electron chi connectivity index (χ0n) is 19.1. The molecule has 3 aliphatic rings. The molecule has 1 amide bonds. The molecule has 8 nitrogen and oxygen atoms in total. The van der Waals surface area contributed by atoms with E-state index in [1.165, 1.54) is 12.3 Å². The molecule has 2 aromatic carbocycles. The summed E-state index contributed by atoms with van der Waals surface area (Å²) in [4.78, 5) is 18.4. The molecule has 2 bridgehead atoms. The molecule has 36 heavy (non-hydrogen) atoms. The van der Waals surface area contributed by atoms with Crippen molar-refractivity contribution in [1.29, 1.82) is 0 Å². The van der Waals surface area contributed by atoms with Gasteiger partial charge in [0.05, 0.1) is 46.0 Å². The van der Waals surface area contributed by atoms with Crippen LogP contribution in [0, 0.1) is 12.8 Å². The van der Waals surface area contributed by atoms with Gasteiger partial charge in [-0.05, 0) is 42.2 Å². The van der Waals surface area contributed by atoms with Crippen LogP contribution in [0.25, 0.3) is 27.7 Å². The molecule has 0 radical (unpaired) electrons. The summed E-state index contributed by atoms with van der Waals surface area (Å²) in [6.07, 6.45) is -3.63. The molecule has 0 saturated carbocycles. The minimum Gasteiger partial charge on any atom is -0.465 e. The molecule has 6 rings (SSSR count). The number of carbonyl (C=O) groups is 1. The first-order chi connectivity index (χ1) is 17.2. The van der Waals surface area contributed by atoms with Crippen LogP contribution in [-0.2, 0) is 6.30 Å². The summed E-state index contributed by atoms with van der Waals surface area (Å²) in [5.41, 5.74) is 3.30. The quantitative estimate of drug-likeness (QED) is 0.344. The van der Waals surface area contributed by atoms with E-state index in [1.54, 1.807) is 11.0 Å². The number of benzene rings is 2. The number of nitrogens with zero attached hydrogens (tertiary/aromatic N) is 5. The van der Waals surface area contributed by atoms with E-state index in [9.17, 15) is 23.1 Å². The van der Waals surface area contributed by atoms with Crippen molar-refractivity contribution in [3.8, 4) is 11.1 Å². The Hall–Kier alpha value is -2.87. The number of hydrogen-bond donors (Lipinski definition) is 2. The fourth-order valence-electron chi connectivity index (χ4n) is 6.05. The molecule has 0 spiro atoms. The maximum Gasteiger partial charge on any atom is 0.505 e. The van der Waals surface area contributed by atoms with Crippen molar-refractivity contribution < 1.29 is 23.1 Å². The molecule has 2 saturated heterocycles. The van der Waals surface area contributed by atoms with E-state index in [2.05, 4.69) is 33.3 Å². The number of nitrogens with one attached hydrogen (secondary N) is 1. The Bertz CT molecular complexity index is 1520. The van der Waals surface area contributed by atoms with Crippen LogP contribution in [0.4, 0.5) is 18.0 Å². The van der Waals surface area contributed by atoms with Crippen LogP contribution in [0.15, 0.2) is 41.5 Å². The van der Waals surface area contributed by atoms with E-state index in [1.807, 2.05) is 28.2 Å². The Kier molecular flexibility index (Phi) is 5.44. The number of halogens is 4. The van der Waals surface area contributed by atoms with E-state index in [-0.39, 0.29) is 28.2 Å². The molecule has 188 valence electrons. The van der Waals surface area contributed by atoms with E-state index in [0.29, 0.717) is 37.1 Å². The summed E-state index contributed by atoms with van der Waals surface area (Å²) in [7, 11) is 0. The molecular formula is C24H22F3IN6O2. The van der Waals surface area contributed by atoms with Crippen LogP contribution >= 0.6 is 22.9 Å². The third-order valence-electron chi connectivity index (χ3n) is 7.44. The van der Waals surface area contributed by atoms with Crippen molar-refractivity contribution in [1.82, 2.24) is 23.1 Å². The van der Waals surface area contributed by atoms with Gasteiger partial charge in [0.2, 0.25) is 0 Å². The lowest BCUT2D eigenvalue weighted by Crippen LogP contribution is -2.55. The predicted molar refractivity (Wildman–Crippen MR) is 135 cm³/mol. The largest absolute Gasteiger partial charge is 0.505 e. The van der Waals surface area contributed by atoms with Gasteiger partial charge >= 0.3 is 12.4 Å². The fourth-order valence-corrected chi connectivity index (χ4v) is 6.80. The summed E-state index contributed by atoms with van der Waals surface area (Å²) < 4.78 is 42.9. The van der Waals surface area contributed by atoms with Crippen LogP contribution < -0.4 is 15.9 Å². The van der Waals surface area contributed by atoms with Gasteiger partial charge in [0, 0.05) is 41.4 Å². The summed E-state index contributed by atoms with van der Waals surface area (Å²) in [6, 6.07) is 8.34. The number of aryl methyl sites for hydroxylation is 1. The van der Waals surface area contributed by atoms with Crippen molar-refractivity contribution >= 4 is 45.6 Å². The highest BCUT2D eigenvalue weighted by Gasteiger charge is 2.49. The number of amides is 1. The first kappa shape index (κ1) is 23.5. The molecule has 3 aliphatic heterocycles. The smallest absolute Gasteiger partial charge is 0.465 e. The Labute approximate surface area is 217 Å². The van der Waals surface area contributed by atoms with Gasteiger partial charge in [-0.2, -0.15) is 9.78 Å². The maximum absolute atomic E-state index is 13.6. The van der Waals surface area contributed by atoms with Crippen LogP contribution in [0.5, 0.6) is 0 Å². The SMILES string of the molecule is Cc1ccc2c(c1-c1cccc3c1cnn3C(F)(F)F)=C(C1CC3CNCC1N3C(=O)O)N(I)CN=2. The molecule has 12 heteroatoms. The lowest BCUT2D eigenvalue weighted by atomic mass is 9.88. The lowest BCUT2D eigenvalue weighted by molar-refractivity contribution is -0.209. The number of alkyl halides is 3. The Balaban J connectivity index is 1.65. The van der Waals surface area contributed by atoms with Crippen molar-refractivity contribution in [2.75, 3.05) is 19.8 Å². The van der Waals surface area contributed by atoms with Crippen molar-refractivity contribution in [2.45, 2.75) is 31.7 Å². The van der Waals surface area contributed by atoms with Crippen molar-refractivity contribution in [3.05, 3.63) is 52.7 Å². The molecule has 1 aromatic heterocycles. The first-order valence-corrected chi connectivity index (χ1v) is 12.5. The number of rotatable bonds is 2. The van der Waals surface area contributed by atoms with Gasteiger partial charge in [-0.1, -0.05) is 18.2 Å². The van der Waals surface area contributed by atoms with E-state index in [0.717, 1.165) is 27.4 Å². The van der Waals surface area contributed by atoms with Crippen LogP contribution in [-0.4, -0.2) is 60.8 Å². The summed E-state index contributed by atoms with van der Waals surface area (Å²) >= 11 is 2.21. The molecule has 3 unspecified atom stereocenters. The molecule has 0 aliphatic carbocycles. The average Bonchev–Trinajstić information content (AvgIpc) is 3.36. The molecule has 3 aromatic rings. The van der Waals surface area contributed by atoms with Crippen molar-refractivity contribution in [3.63, 3.8) is 0 Å². The van der Waals surface area contributed by atoms with Crippen molar-refractivity contribution in [2.24, 2.45) is 10.9 Å². The zero-order valence-corrected chi connectivity index (χ0v) is 21.3. The third kappa shape index (κ3) is 3.48. The minimum atomic E-state index is -4.63. The monoisotopic (exact) mass is 610 g/mol. The zero-order chi connectivity index (χ0) is 25.4. The highest BCUT2D eigenvalue weighted by atomic mass is 127. The predicted octanol–water partition coefficient (Wildman–Crippen LogP) is 3.18. The molecule has 2 N–H and O–H groups in total. The van der Waals surface area contributed by atoms with E-state index >= 15 is 0 Å². The number of carboxylic acid groups (broad SMARTS) is 1. The van der Waals surface area contributed by atoms with Gasteiger partial charge in [0.1, 0.15) is 6.67 Å². The second-order valence-electron chi connectivity index (χ2n) is 9.37. The number of piperazine rings is 1. The average molecular weight is 610 g/mol. The Morgan fingerprint density at radius 3 is 2.75 bits per heavy atom. The van der Waals surface area contributed by atoms with E-state index in [4.69, 9.17) is 4.99 Å². The second kappa shape index (κ2) is 8.33. The lowest BCUT2D eigenvalue weighted by Gasteiger charge is -2.36. The molecule has 4 heterocycles. The topological polar surface area (TPSA) is 86.0 Å². The van der Waals surface area contributed by atoms with E-state index < -0.39 is 12.4 Å². The molecular weight excluding hydrogens is 588 g/mol. The third-order valence-corrected chi connectivity index (χ3v) is 8.27. The summed E-state index contributed by atoms with van der Waals surface area (Å²) in [5.74, 6) is -0.0788. The molecule has 2 fully saturated rings. The maximum atomic E-state index is 13.6. The van der Waals surface area contributed by atoms with Gasteiger partial charge < -0.3 is 10.4 Å². The number of aromatic nitrogens is 2. The Morgan fingerprint density at radius 2 is 2.03 bits per heavy atom.